The van der Waals surface area contributed by atoms with E-state index in [0.29, 0.717) is 12.8 Å². The van der Waals surface area contributed by atoms with Gasteiger partial charge in [0.25, 0.3) is 0 Å². The van der Waals surface area contributed by atoms with Crippen LogP contribution in [0.3, 0.4) is 0 Å². The minimum Gasteiger partial charge on any atom is -0.460 e. The molecule has 1 heterocycles. The summed E-state index contributed by atoms with van der Waals surface area (Å²) in [5.41, 5.74) is -1.72. The molecule has 0 aromatic heterocycles. The Morgan fingerprint density at radius 3 is 1.85 bits per heavy atom. The zero-order chi connectivity index (χ0) is 31.2. The number of thioether (sulfide) groups is 2. The number of alkyl halides is 11. The smallest absolute Gasteiger partial charge is 0.460 e. The number of hydrogen-bond donors (Lipinski definition) is 1. The maximum absolute atomic E-state index is 14.6. The molecule has 7 nitrogen and oxygen atoms in total. The van der Waals surface area contributed by atoms with E-state index in [1.54, 1.807) is 0 Å². The maximum atomic E-state index is 14.6. The van der Waals surface area contributed by atoms with Gasteiger partial charge >= 0.3 is 51.3 Å². The van der Waals surface area contributed by atoms with Crippen LogP contribution in [-0.4, -0.2) is 81.4 Å². The lowest BCUT2D eigenvalue weighted by atomic mass is 9.53. The molecule has 1 N–H and O–H groups in total. The van der Waals surface area contributed by atoms with E-state index in [-0.39, 0.29) is 30.9 Å². The van der Waals surface area contributed by atoms with Gasteiger partial charge in [-0.15, -0.1) is 23.5 Å². The minimum absolute atomic E-state index is 0.0277. The molecule has 4 unspecified atom stereocenters. The zero-order valence-electron chi connectivity index (χ0n) is 20.0. The van der Waals surface area contributed by atoms with Crippen LogP contribution in [0.4, 0.5) is 48.3 Å². The SMILES string of the molecule is O=C(OCC1CSC2(S1)C1CC3CC2CC(OC(=O)C(F)(C(F)(F)F)S(=O)(=O)O)(C3)C1)C(F)(F)C(F)(F)C(F)(F)F. The molecule has 5 aliphatic rings. The summed E-state index contributed by atoms with van der Waals surface area (Å²) in [5.74, 6) is -20.0. The van der Waals surface area contributed by atoms with Gasteiger partial charge in [0.05, 0.1) is 4.08 Å². The summed E-state index contributed by atoms with van der Waals surface area (Å²) in [4.78, 5) is 23.8. The van der Waals surface area contributed by atoms with Crippen LogP contribution < -0.4 is 0 Å². The van der Waals surface area contributed by atoms with E-state index < -0.39 is 84.6 Å². The first kappa shape index (κ1) is 32.7. The fourth-order valence-corrected chi connectivity index (χ4v) is 10.9. The Morgan fingerprint density at radius 2 is 1.39 bits per heavy atom. The average molecular weight is 677 g/mol. The van der Waals surface area contributed by atoms with Crippen molar-refractivity contribution in [1.82, 2.24) is 0 Å². The number of rotatable bonds is 7. The largest absolute Gasteiger partial charge is 0.460 e. The van der Waals surface area contributed by atoms with Crippen LogP contribution in [0.5, 0.6) is 0 Å². The lowest BCUT2D eigenvalue weighted by Crippen LogP contribution is -2.64. The van der Waals surface area contributed by atoms with Crippen molar-refractivity contribution in [3.8, 4) is 0 Å². The van der Waals surface area contributed by atoms with E-state index in [1.807, 2.05) is 0 Å². The minimum atomic E-state index is -6.74. The van der Waals surface area contributed by atoms with Crippen LogP contribution in [0.1, 0.15) is 32.1 Å². The Morgan fingerprint density at radius 1 is 0.854 bits per heavy atom. The Bertz CT molecular complexity index is 1190. The van der Waals surface area contributed by atoms with Gasteiger partial charge in [-0.05, 0) is 49.9 Å². The molecule has 4 atom stereocenters. The Labute approximate surface area is 232 Å². The van der Waals surface area contributed by atoms with Gasteiger partial charge in [0.2, 0.25) is 0 Å². The van der Waals surface area contributed by atoms with Gasteiger partial charge in [0.1, 0.15) is 12.2 Å². The summed E-state index contributed by atoms with van der Waals surface area (Å²) < 4.78 is 184. The predicted molar refractivity (Wildman–Crippen MR) is 117 cm³/mol. The highest BCUT2D eigenvalue weighted by Crippen LogP contribution is 2.71. The third kappa shape index (κ3) is 4.97. The molecule has 0 aromatic carbocycles. The Kier molecular flexibility index (Phi) is 7.68. The summed E-state index contributed by atoms with van der Waals surface area (Å²) in [5, 5.41) is -6.60. The van der Waals surface area contributed by atoms with Crippen molar-refractivity contribution in [3.63, 3.8) is 0 Å². The molecule has 1 spiro atoms. The van der Waals surface area contributed by atoms with Crippen LogP contribution in [0, 0.1) is 17.8 Å². The molecule has 1 aliphatic heterocycles. The first-order chi connectivity index (χ1) is 18.3. The van der Waals surface area contributed by atoms with Gasteiger partial charge in [-0.2, -0.15) is 52.3 Å². The predicted octanol–water partition coefficient (Wildman–Crippen LogP) is 5.15. The summed E-state index contributed by atoms with van der Waals surface area (Å²) in [6.07, 6.45) is -12.7. The summed E-state index contributed by atoms with van der Waals surface area (Å²) in [7, 11) is -6.65. The molecule has 4 bridgehead atoms. The van der Waals surface area contributed by atoms with E-state index in [4.69, 9.17) is 9.29 Å². The van der Waals surface area contributed by atoms with Crippen LogP contribution in [0.15, 0.2) is 0 Å². The van der Waals surface area contributed by atoms with Gasteiger partial charge in [0.15, 0.2) is 0 Å². The summed E-state index contributed by atoms with van der Waals surface area (Å²) >= 11 is 2.26. The van der Waals surface area contributed by atoms with Crippen molar-refractivity contribution in [1.29, 1.82) is 0 Å². The van der Waals surface area contributed by atoms with Gasteiger partial charge < -0.3 is 9.47 Å². The maximum Gasteiger partial charge on any atom is 0.460 e. The third-order valence-electron chi connectivity index (χ3n) is 7.82. The van der Waals surface area contributed by atoms with Crippen molar-refractivity contribution >= 4 is 45.6 Å². The van der Waals surface area contributed by atoms with Gasteiger partial charge in [0, 0.05) is 11.0 Å². The quantitative estimate of drug-likeness (QED) is 0.223. The molecule has 1 saturated heterocycles. The second-order valence-corrected chi connectivity index (χ2v) is 15.1. The molecule has 0 radical (unpaired) electrons. The lowest BCUT2D eigenvalue weighted by molar-refractivity contribution is -0.348. The molecule has 4 saturated carbocycles. The monoisotopic (exact) mass is 676 g/mol. The number of halogens is 11. The van der Waals surface area contributed by atoms with E-state index in [9.17, 15) is 66.3 Å². The molecule has 0 aromatic rings. The first-order valence-electron chi connectivity index (χ1n) is 11.6. The number of carbonyl (C=O) groups excluding carboxylic acids is 2. The molecular weight excluding hydrogens is 657 g/mol. The lowest BCUT2D eigenvalue weighted by Gasteiger charge is -2.63. The van der Waals surface area contributed by atoms with Crippen molar-refractivity contribution < 1.29 is 80.3 Å². The van der Waals surface area contributed by atoms with E-state index in [1.165, 1.54) is 11.8 Å². The van der Waals surface area contributed by atoms with E-state index in [0.717, 1.165) is 11.8 Å². The van der Waals surface area contributed by atoms with E-state index in [2.05, 4.69) is 4.74 Å². The van der Waals surface area contributed by atoms with Crippen molar-refractivity contribution in [2.75, 3.05) is 12.4 Å². The number of hydrogen-bond acceptors (Lipinski definition) is 8. The van der Waals surface area contributed by atoms with Gasteiger partial charge in [-0.3, -0.25) is 4.55 Å². The van der Waals surface area contributed by atoms with Gasteiger partial charge in [-0.1, -0.05) is 0 Å². The normalized spacial score (nSPS) is 35.4. The average Bonchev–Trinajstić information content (AvgIpc) is 3.22. The molecule has 5 rings (SSSR count). The Balaban J connectivity index is 1.46. The number of carbonyl (C=O) groups is 2. The molecule has 5 fully saturated rings. The summed E-state index contributed by atoms with van der Waals surface area (Å²) in [6.45, 7) is -0.963. The number of esters is 2. The molecule has 0 amide bonds. The van der Waals surface area contributed by atoms with Crippen LogP contribution in [-0.2, 0) is 29.2 Å². The second-order valence-electron chi connectivity index (χ2n) is 10.5. The van der Waals surface area contributed by atoms with Crippen molar-refractivity contribution in [3.05, 3.63) is 0 Å². The fourth-order valence-electron chi connectivity index (χ4n) is 6.24. The topological polar surface area (TPSA) is 107 Å². The van der Waals surface area contributed by atoms with Crippen LogP contribution in [0.2, 0.25) is 0 Å². The first-order valence-corrected chi connectivity index (χ1v) is 14.9. The molecule has 21 heteroatoms. The van der Waals surface area contributed by atoms with E-state index >= 15 is 0 Å². The zero-order valence-corrected chi connectivity index (χ0v) is 22.5. The highest BCUT2D eigenvalue weighted by Gasteiger charge is 2.78. The van der Waals surface area contributed by atoms with Crippen molar-refractivity contribution in [2.24, 2.45) is 17.8 Å². The molecular formula is C20H19F11O7S3. The second kappa shape index (κ2) is 9.64. The fraction of sp³-hybridized carbons (Fsp3) is 0.900. The number of ether oxygens (including phenoxy) is 2. The van der Waals surface area contributed by atoms with Crippen LogP contribution in [0.25, 0.3) is 0 Å². The highest BCUT2D eigenvalue weighted by atomic mass is 32.2. The molecule has 236 valence electrons. The van der Waals surface area contributed by atoms with Crippen molar-refractivity contribution in [2.45, 2.75) is 76.2 Å². The molecule has 41 heavy (non-hydrogen) atoms. The van der Waals surface area contributed by atoms with Crippen LogP contribution >= 0.6 is 23.5 Å². The molecule has 4 aliphatic carbocycles. The third-order valence-corrected chi connectivity index (χ3v) is 13.1. The van der Waals surface area contributed by atoms with Gasteiger partial charge in [-0.25, -0.2) is 14.0 Å². The highest BCUT2D eigenvalue weighted by molar-refractivity contribution is 8.21. The standard InChI is InChI=1S/C20H19F11O7S3/c21-16(22,18(24,25)20(29,30)31)12(32)37-6-11-7-39-15(40-11)9-1-8-2-10(15)5-14(3-8,4-9)38-13(33)17(23,19(26,27)28)41(34,35)36/h8-11H,1-7H2,(H,34,35,36). The summed E-state index contributed by atoms with van der Waals surface area (Å²) in [6, 6.07) is 0. The Hall–Kier alpha value is -1.22.